The molecule has 1 aromatic carbocycles. The number of methoxy groups -OCH3 is 1. The number of carbonyl (C=O) groups excluding carboxylic acids is 1. The van der Waals surface area contributed by atoms with Gasteiger partial charge in [0.05, 0.1) is 13.2 Å². The first kappa shape index (κ1) is 14.7. The van der Waals surface area contributed by atoms with Crippen LogP contribution in [0.25, 0.3) is 0 Å². The molecule has 1 aromatic rings. The molecule has 3 heteroatoms. The molecule has 0 heterocycles. The van der Waals surface area contributed by atoms with Gasteiger partial charge in [-0.3, -0.25) is 9.69 Å². The van der Waals surface area contributed by atoms with Crippen molar-refractivity contribution in [2.45, 2.75) is 33.7 Å². The standard InChI is InChI=1S/C15H23NO2/c1-9-8-13(14(12(4)17)16(5)6)10(2)11(3)15(9)18-7/h8,14H,1-7H3. The van der Waals surface area contributed by atoms with E-state index in [9.17, 15) is 4.79 Å². The monoisotopic (exact) mass is 249 g/mol. The van der Waals surface area contributed by atoms with E-state index >= 15 is 0 Å². The summed E-state index contributed by atoms with van der Waals surface area (Å²) in [6.07, 6.45) is 0. The molecule has 0 aliphatic heterocycles. The van der Waals surface area contributed by atoms with Crippen molar-refractivity contribution in [2.75, 3.05) is 21.2 Å². The predicted octanol–water partition coefficient (Wildman–Crippen LogP) is 2.81. The minimum absolute atomic E-state index is 0.159. The van der Waals surface area contributed by atoms with E-state index in [2.05, 4.69) is 6.07 Å². The van der Waals surface area contributed by atoms with Gasteiger partial charge in [0.2, 0.25) is 0 Å². The molecule has 0 saturated carbocycles. The van der Waals surface area contributed by atoms with Gasteiger partial charge in [0.1, 0.15) is 5.75 Å². The van der Waals surface area contributed by atoms with Gasteiger partial charge in [-0.1, -0.05) is 6.07 Å². The number of hydrogen-bond acceptors (Lipinski definition) is 3. The van der Waals surface area contributed by atoms with Gasteiger partial charge in [-0.2, -0.15) is 0 Å². The molecule has 1 unspecified atom stereocenters. The van der Waals surface area contributed by atoms with E-state index < -0.39 is 0 Å². The van der Waals surface area contributed by atoms with E-state index in [1.807, 2.05) is 39.8 Å². The van der Waals surface area contributed by atoms with E-state index in [-0.39, 0.29) is 11.8 Å². The normalized spacial score (nSPS) is 12.7. The zero-order valence-electron chi connectivity index (χ0n) is 12.4. The molecule has 0 fully saturated rings. The first-order valence-corrected chi connectivity index (χ1v) is 6.12. The summed E-state index contributed by atoms with van der Waals surface area (Å²) < 4.78 is 5.41. The first-order valence-electron chi connectivity index (χ1n) is 6.12. The van der Waals surface area contributed by atoms with Crippen LogP contribution >= 0.6 is 0 Å². The van der Waals surface area contributed by atoms with E-state index in [1.165, 1.54) is 0 Å². The van der Waals surface area contributed by atoms with Crippen LogP contribution < -0.4 is 4.74 Å². The molecule has 1 atom stereocenters. The molecule has 0 spiro atoms. The number of benzene rings is 1. The van der Waals surface area contributed by atoms with Crippen molar-refractivity contribution in [2.24, 2.45) is 0 Å². The van der Waals surface area contributed by atoms with Crippen LogP contribution in [0.15, 0.2) is 6.07 Å². The van der Waals surface area contributed by atoms with Crippen molar-refractivity contribution in [1.82, 2.24) is 4.90 Å². The van der Waals surface area contributed by atoms with Crippen LogP contribution in [0.5, 0.6) is 5.75 Å². The molecular weight excluding hydrogens is 226 g/mol. The number of carbonyl (C=O) groups is 1. The van der Waals surface area contributed by atoms with Crippen LogP contribution in [0.4, 0.5) is 0 Å². The van der Waals surface area contributed by atoms with Gasteiger partial charge >= 0.3 is 0 Å². The second-order valence-electron chi connectivity index (χ2n) is 5.04. The minimum atomic E-state index is -0.187. The van der Waals surface area contributed by atoms with Gasteiger partial charge in [-0.15, -0.1) is 0 Å². The lowest BCUT2D eigenvalue weighted by atomic mass is 9.91. The summed E-state index contributed by atoms with van der Waals surface area (Å²) in [5, 5.41) is 0. The largest absolute Gasteiger partial charge is 0.496 e. The van der Waals surface area contributed by atoms with Crippen molar-refractivity contribution in [3.05, 3.63) is 28.3 Å². The lowest BCUT2D eigenvalue weighted by Crippen LogP contribution is -2.27. The topological polar surface area (TPSA) is 29.5 Å². The highest BCUT2D eigenvalue weighted by Crippen LogP contribution is 2.33. The van der Waals surface area contributed by atoms with E-state index in [0.717, 1.165) is 28.0 Å². The van der Waals surface area contributed by atoms with Gasteiger partial charge in [0.25, 0.3) is 0 Å². The van der Waals surface area contributed by atoms with E-state index in [1.54, 1.807) is 14.0 Å². The fourth-order valence-electron chi connectivity index (χ4n) is 2.55. The summed E-state index contributed by atoms with van der Waals surface area (Å²) in [5.41, 5.74) is 4.39. The molecular formula is C15H23NO2. The van der Waals surface area contributed by atoms with Crippen molar-refractivity contribution in [3.8, 4) is 5.75 Å². The molecule has 0 aliphatic carbocycles. The van der Waals surface area contributed by atoms with Crippen LogP contribution in [-0.2, 0) is 4.79 Å². The molecule has 100 valence electrons. The summed E-state index contributed by atoms with van der Waals surface area (Å²) in [6.45, 7) is 7.74. The van der Waals surface area contributed by atoms with Crippen LogP contribution in [0.1, 0.15) is 35.2 Å². The van der Waals surface area contributed by atoms with Gasteiger partial charge < -0.3 is 4.74 Å². The number of aryl methyl sites for hydroxylation is 1. The zero-order valence-corrected chi connectivity index (χ0v) is 12.4. The van der Waals surface area contributed by atoms with Crippen LogP contribution in [0.2, 0.25) is 0 Å². The molecule has 0 bridgehead atoms. The summed E-state index contributed by atoms with van der Waals surface area (Å²) in [6, 6.07) is 1.88. The Kier molecular flexibility index (Phi) is 4.52. The number of likely N-dealkylation sites (N-methyl/N-ethyl adjacent to an activating group) is 1. The number of ketones is 1. The SMILES string of the molecule is COc1c(C)cc(C(C(C)=O)N(C)C)c(C)c1C. The van der Waals surface area contributed by atoms with Crippen LogP contribution in [-0.4, -0.2) is 31.9 Å². The summed E-state index contributed by atoms with van der Waals surface area (Å²) in [7, 11) is 5.55. The van der Waals surface area contributed by atoms with Gasteiger partial charge in [0, 0.05) is 0 Å². The maximum absolute atomic E-state index is 11.8. The average molecular weight is 249 g/mol. The lowest BCUT2D eigenvalue weighted by molar-refractivity contribution is -0.121. The summed E-state index contributed by atoms with van der Waals surface area (Å²) >= 11 is 0. The third-order valence-electron chi connectivity index (χ3n) is 3.47. The Morgan fingerprint density at radius 1 is 1.22 bits per heavy atom. The van der Waals surface area contributed by atoms with Crippen molar-refractivity contribution >= 4 is 5.78 Å². The Balaban J connectivity index is 3.46. The minimum Gasteiger partial charge on any atom is -0.496 e. The summed E-state index contributed by atoms with van der Waals surface area (Å²) in [4.78, 5) is 13.8. The molecule has 0 amide bonds. The summed E-state index contributed by atoms with van der Waals surface area (Å²) in [5.74, 6) is 1.07. The Labute approximate surface area is 110 Å². The number of hydrogen-bond donors (Lipinski definition) is 0. The second kappa shape index (κ2) is 5.53. The molecule has 0 N–H and O–H groups in total. The molecule has 1 rings (SSSR count). The highest BCUT2D eigenvalue weighted by Gasteiger charge is 2.23. The number of ether oxygens (including phenoxy) is 1. The Bertz CT molecular complexity index is 464. The number of nitrogens with zero attached hydrogens (tertiary/aromatic N) is 1. The quantitative estimate of drug-likeness (QED) is 0.821. The van der Waals surface area contributed by atoms with Crippen molar-refractivity contribution in [1.29, 1.82) is 0 Å². The predicted molar refractivity (Wildman–Crippen MR) is 74.3 cm³/mol. The van der Waals surface area contributed by atoms with Crippen molar-refractivity contribution < 1.29 is 9.53 Å². The second-order valence-corrected chi connectivity index (χ2v) is 5.04. The fraction of sp³-hybridized carbons (Fsp3) is 0.533. The smallest absolute Gasteiger partial charge is 0.151 e. The van der Waals surface area contributed by atoms with Gasteiger partial charge in [-0.05, 0) is 64.0 Å². The van der Waals surface area contributed by atoms with Gasteiger partial charge in [-0.25, -0.2) is 0 Å². The van der Waals surface area contributed by atoms with Crippen LogP contribution in [0.3, 0.4) is 0 Å². The van der Waals surface area contributed by atoms with Gasteiger partial charge in [0.15, 0.2) is 5.78 Å². The zero-order chi connectivity index (χ0) is 14.0. The molecule has 0 radical (unpaired) electrons. The lowest BCUT2D eigenvalue weighted by Gasteiger charge is -2.26. The maximum Gasteiger partial charge on any atom is 0.151 e. The Morgan fingerprint density at radius 3 is 2.17 bits per heavy atom. The Morgan fingerprint density at radius 2 is 1.78 bits per heavy atom. The highest BCUT2D eigenvalue weighted by molar-refractivity contribution is 5.83. The van der Waals surface area contributed by atoms with E-state index in [0.29, 0.717) is 0 Å². The first-order chi connectivity index (χ1) is 8.31. The maximum atomic E-state index is 11.8. The van der Waals surface area contributed by atoms with Crippen molar-refractivity contribution in [3.63, 3.8) is 0 Å². The molecule has 0 aliphatic rings. The molecule has 18 heavy (non-hydrogen) atoms. The van der Waals surface area contributed by atoms with E-state index in [4.69, 9.17) is 4.74 Å². The number of rotatable bonds is 4. The van der Waals surface area contributed by atoms with Crippen LogP contribution in [0, 0.1) is 20.8 Å². The third-order valence-corrected chi connectivity index (χ3v) is 3.47. The fourth-order valence-corrected chi connectivity index (χ4v) is 2.55. The molecule has 0 saturated heterocycles. The highest BCUT2D eigenvalue weighted by atomic mass is 16.5. The number of Topliss-reactive ketones (excluding diaryl/α,β-unsaturated/α-hetero) is 1. The Hall–Kier alpha value is -1.35. The third kappa shape index (κ3) is 2.56. The average Bonchev–Trinajstić information content (AvgIpc) is 2.25. The molecule has 3 nitrogen and oxygen atoms in total. The molecule has 0 aromatic heterocycles.